The molecule has 1 aliphatic heterocycles. The van der Waals surface area contributed by atoms with Gasteiger partial charge in [0.05, 0.1) is 11.6 Å². The summed E-state index contributed by atoms with van der Waals surface area (Å²) < 4.78 is 0. The summed E-state index contributed by atoms with van der Waals surface area (Å²) in [5, 5.41) is 12.1. The standard InChI is InChI=1S/C32H34N4O/c1-24-6-12-27(13-7-24)30-4-2-3-5-31(30)32(37)34-28-14-16-29(17-15-28)36-20-18-35(19-21-36)23-26-10-8-25(22-33)9-11-26/h6-17H,2-5,18-21,23H2,1H3,(H,34,37). The molecule has 1 saturated heterocycles. The van der Waals surface area contributed by atoms with E-state index in [-0.39, 0.29) is 5.91 Å². The van der Waals surface area contributed by atoms with E-state index in [0.29, 0.717) is 5.56 Å². The summed E-state index contributed by atoms with van der Waals surface area (Å²) in [6.45, 7) is 6.92. The van der Waals surface area contributed by atoms with E-state index < -0.39 is 0 Å². The molecule has 5 heteroatoms. The van der Waals surface area contributed by atoms with Gasteiger partial charge in [0.25, 0.3) is 5.91 Å². The van der Waals surface area contributed by atoms with E-state index in [1.54, 1.807) is 0 Å². The number of nitrogens with one attached hydrogen (secondary N) is 1. The summed E-state index contributed by atoms with van der Waals surface area (Å²) in [7, 11) is 0. The first-order valence-electron chi connectivity index (χ1n) is 13.3. The summed E-state index contributed by atoms with van der Waals surface area (Å²) in [6, 6.07) is 26.8. The average molecular weight is 491 g/mol. The molecule has 37 heavy (non-hydrogen) atoms. The minimum atomic E-state index is 0.0273. The molecule has 0 saturated carbocycles. The predicted molar refractivity (Wildman–Crippen MR) is 150 cm³/mol. The lowest BCUT2D eigenvalue weighted by molar-refractivity contribution is -0.113. The van der Waals surface area contributed by atoms with Crippen molar-refractivity contribution in [3.63, 3.8) is 0 Å². The zero-order chi connectivity index (χ0) is 25.6. The highest BCUT2D eigenvalue weighted by molar-refractivity contribution is 6.09. The Morgan fingerprint density at radius 2 is 1.54 bits per heavy atom. The highest BCUT2D eigenvalue weighted by Crippen LogP contribution is 2.33. The Bertz CT molecular complexity index is 1290. The molecule has 3 aromatic carbocycles. The van der Waals surface area contributed by atoms with Crippen LogP contribution >= 0.6 is 0 Å². The molecule has 0 unspecified atom stereocenters. The van der Waals surface area contributed by atoms with Gasteiger partial charge >= 0.3 is 0 Å². The van der Waals surface area contributed by atoms with Gasteiger partial charge in [0.15, 0.2) is 0 Å². The minimum Gasteiger partial charge on any atom is -0.369 e. The molecule has 1 aliphatic carbocycles. The molecule has 3 aromatic rings. The molecular formula is C32H34N4O. The smallest absolute Gasteiger partial charge is 0.251 e. The first kappa shape index (κ1) is 24.8. The van der Waals surface area contributed by atoms with Crippen LogP contribution in [0.3, 0.4) is 0 Å². The summed E-state index contributed by atoms with van der Waals surface area (Å²) in [5.41, 5.74) is 8.50. The quantitative estimate of drug-likeness (QED) is 0.450. The van der Waals surface area contributed by atoms with Crippen molar-refractivity contribution in [2.75, 3.05) is 36.4 Å². The number of carbonyl (C=O) groups excluding carboxylic acids is 1. The summed E-state index contributed by atoms with van der Waals surface area (Å²) in [4.78, 5) is 18.1. The fourth-order valence-corrected chi connectivity index (χ4v) is 5.30. The molecule has 1 amide bonds. The van der Waals surface area contributed by atoms with E-state index in [9.17, 15) is 4.79 Å². The summed E-state index contributed by atoms with van der Waals surface area (Å²) in [5.74, 6) is 0.0273. The van der Waals surface area contributed by atoms with Crippen LogP contribution < -0.4 is 10.2 Å². The van der Waals surface area contributed by atoms with Gasteiger partial charge in [-0.15, -0.1) is 0 Å². The van der Waals surface area contributed by atoms with Crippen molar-refractivity contribution >= 4 is 22.9 Å². The van der Waals surface area contributed by atoms with Gasteiger partial charge in [0.1, 0.15) is 0 Å². The second-order valence-electron chi connectivity index (χ2n) is 10.1. The van der Waals surface area contributed by atoms with Crippen molar-refractivity contribution in [3.8, 4) is 6.07 Å². The molecule has 0 spiro atoms. The van der Waals surface area contributed by atoms with Crippen LogP contribution in [0.1, 0.15) is 47.9 Å². The van der Waals surface area contributed by atoms with Gasteiger partial charge in [0, 0.05) is 49.7 Å². The van der Waals surface area contributed by atoms with E-state index in [1.807, 2.05) is 36.4 Å². The van der Waals surface area contributed by atoms with Crippen LogP contribution in [0.15, 0.2) is 78.4 Å². The number of nitrogens with zero attached hydrogens (tertiary/aromatic N) is 3. The van der Waals surface area contributed by atoms with E-state index in [0.717, 1.165) is 69.7 Å². The monoisotopic (exact) mass is 490 g/mol. The number of aryl methyl sites for hydroxylation is 1. The Morgan fingerprint density at radius 1 is 0.865 bits per heavy atom. The fourth-order valence-electron chi connectivity index (χ4n) is 5.30. The maximum atomic E-state index is 13.2. The Kier molecular flexibility index (Phi) is 7.67. The number of anilines is 2. The highest BCUT2D eigenvalue weighted by Gasteiger charge is 2.21. The molecule has 5 nitrogen and oxygen atoms in total. The van der Waals surface area contributed by atoms with Gasteiger partial charge in [-0.1, -0.05) is 42.0 Å². The molecule has 0 atom stereocenters. The molecule has 2 aliphatic rings. The van der Waals surface area contributed by atoms with Crippen LogP contribution in [0, 0.1) is 18.3 Å². The molecule has 0 bridgehead atoms. The third kappa shape index (κ3) is 6.10. The van der Waals surface area contributed by atoms with Crippen LogP contribution in [-0.2, 0) is 11.3 Å². The summed E-state index contributed by atoms with van der Waals surface area (Å²) >= 11 is 0. The predicted octanol–water partition coefficient (Wildman–Crippen LogP) is 6.16. The maximum Gasteiger partial charge on any atom is 0.251 e. The molecule has 1 fully saturated rings. The van der Waals surface area contributed by atoms with E-state index in [1.165, 1.54) is 28.0 Å². The summed E-state index contributed by atoms with van der Waals surface area (Å²) in [6.07, 6.45) is 3.99. The molecule has 1 N–H and O–H groups in total. The lowest BCUT2D eigenvalue weighted by Gasteiger charge is -2.36. The minimum absolute atomic E-state index is 0.0273. The number of hydrogen-bond acceptors (Lipinski definition) is 4. The first-order valence-corrected chi connectivity index (χ1v) is 13.3. The third-order valence-electron chi connectivity index (χ3n) is 7.49. The van der Waals surface area contributed by atoms with Gasteiger partial charge in [-0.2, -0.15) is 5.26 Å². The van der Waals surface area contributed by atoms with Gasteiger partial charge < -0.3 is 10.2 Å². The van der Waals surface area contributed by atoms with Crippen LogP contribution in [0.25, 0.3) is 5.57 Å². The second-order valence-corrected chi connectivity index (χ2v) is 10.1. The zero-order valence-corrected chi connectivity index (χ0v) is 21.5. The van der Waals surface area contributed by atoms with Gasteiger partial charge in [-0.25, -0.2) is 0 Å². The molecule has 188 valence electrons. The molecule has 0 aromatic heterocycles. The van der Waals surface area contributed by atoms with E-state index in [4.69, 9.17) is 5.26 Å². The van der Waals surface area contributed by atoms with E-state index >= 15 is 0 Å². The van der Waals surface area contributed by atoms with Crippen molar-refractivity contribution in [2.45, 2.75) is 39.2 Å². The van der Waals surface area contributed by atoms with Crippen LogP contribution in [0.5, 0.6) is 0 Å². The van der Waals surface area contributed by atoms with Gasteiger partial charge in [-0.3, -0.25) is 9.69 Å². The molecule has 0 radical (unpaired) electrons. The normalized spacial score (nSPS) is 16.4. The number of piperazine rings is 1. The van der Waals surface area contributed by atoms with Crippen molar-refractivity contribution in [1.29, 1.82) is 5.26 Å². The Labute approximate surface area is 220 Å². The number of amides is 1. The van der Waals surface area contributed by atoms with Gasteiger partial charge in [-0.05, 0) is 85.7 Å². The van der Waals surface area contributed by atoms with Crippen molar-refractivity contribution < 1.29 is 4.79 Å². The third-order valence-corrected chi connectivity index (χ3v) is 7.49. The Hall–Kier alpha value is -3.88. The van der Waals surface area contributed by atoms with E-state index in [2.05, 4.69) is 64.5 Å². The number of rotatable bonds is 6. The second kappa shape index (κ2) is 11.5. The Balaban J connectivity index is 1.18. The lowest BCUT2D eigenvalue weighted by atomic mass is 9.86. The zero-order valence-electron chi connectivity index (χ0n) is 21.5. The SMILES string of the molecule is Cc1ccc(C2=C(C(=O)Nc3ccc(N4CCN(Cc5ccc(C#N)cc5)CC4)cc3)CCCC2)cc1. The first-order chi connectivity index (χ1) is 18.1. The fraction of sp³-hybridized carbons (Fsp3) is 0.312. The molecular weight excluding hydrogens is 456 g/mol. The van der Waals surface area contributed by atoms with Crippen LogP contribution in [0.2, 0.25) is 0 Å². The van der Waals surface area contributed by atoms with Crippen molar-refractivity contribution in [1.82, 2.24) is 4.90 Å². The topological polar surface area (TPSA) is 59.4 Å². The van der Waals surface area contributed by atoms with Crippen molar-refractivity contribution in [3.05, 3.63) is 101 Å². The molecule has 5 rings (SSSR count). The number of hydrogen-bond donors (Lipinski definition) is 1. The maximum absolute atomic E-state index is 13.2. The lowest BCUT2D eigenvalue weighted by Crippen LogP contribution is -2.45. The number of benzene rings is 3. The number of allylic oxidation sites excluding steroid dienone is 1. The Morgan fingerprint density at radius 3 is 2.22 bits per heavy atom. The van der Waals surface area contributed by atoms with Crippen LogP contribution in [0.4, 0.5) is 11.4 Å². The highest BCUT2D eigenvalue weighted by atomic mass is 16.1. The largest absolute Gasteiger partial charge is 0.369 e. The number of carbonyl (C=O) groups is 1. The van der Waals surface area contributed by atoms with Gasteiger partial charge in [0.2, 0.25) is 0 Å². The molecule has 1 heterocycles. The average Bonchev–Trinajstić information content (AvgIpc) is 2.95. The number of nitriles is 1. The van der Waals surface area contributed by atoms with Crippen molar-refractivity contribution in [2.24, 2.45) is 0 Å². The van der Waals surface area contributed by atoms with Crippen LogP contribution in [-0.4, -0.2) is 37.0 Å².